The van der Waals surface area contributed by atoms with Crippen LogP contribution in [0, 0.1) is 0 Å². The summed E-state index contributed by atoms with van der Waals surface area (Å²) in [7, 11) is 0. The van der Waals surface area contributed by atoms with Crippen LogP contribution in [0.25, 0.3) is 0 Å². The molecule has 1 atom stereocenters. The summed E-state index contributed by atoms with van der Waals surface area (Å²) < 4.78 is 3.84. The lowest BCUT2D eigenvalue weighted by Gasteiger charge is -2.12. The number of aromatic nitrogens is 3. The maximum atomic E-state index is 5.53. The van der Waals surface area contributed by atoms with Crippen LogP contribution in [0.3, 0.4) is 0 Å². The number of nitrogens with zero attached hydrogens (tertiary/aromatic N) is 3. The fourth-order valence-corrected chi connectivity index (χ4v) is 2.07. The number of hydrogen-bond donors (Lipinski definition) is 2. The van der Waals surface area contributed by atoms with Crippen LogP contribution >= 0.6 is 11.5 Å². The van der Waals surface area contributed by atoms with Crippen molar-refractivity contribution in [1.82, 2.24) is 20.0 Å². The number of hydrogen-bond acceptors (Lipinski definition) is 6. The van der Waals surface area contributed by atoms with Crippen molar-refractivity contribution in [2.45, 2.75) is 25.8 Å². The van der Waals surface area contributed by atoms with Gasteiger partial charge in [-0.25, -0.2) is 0 Å². The highest BCUT2D eigenvalue weighted by atomic mass is 32.1. The number of nitrogens with two attached hydrogens (primary N) is 1. The Balaban J connectivity index is 2.07. The van der Waals surface area contributed by atoms with E-state index in [0.29, 0.717) is 6.42 Å². The highest BCUT2D eigenvalue weighted by Gasteiger charge is 2.13. The third-order valence-electron chi connectivity index (χ3n) is 2.64. The summed E-state index contributed by atoms with van der Waals surface area (Å²) >= 11 is 1.32. The maximum absolute atomic E-state index is 5.53. The van der Waals surface area contributed by atoms with Gasteiger partial charge in [-0.05, 0) is 29.6 Å². The molecule has 2 rings (SSSR count). The summed E-state index contributed by atoms with van der Waals surface area (Å²) in [6.07, 6.45) is 3.62. The normalized spacial score (nSPS) is 12.6. The molecule has 0 aliphatic heterocycles. The zero-order chi connectivity index (χ0) is 12.1. The smallest absolute Gasteiger partial charge is 0.0942 e. The lowest BCUT2D eigenvalue weighted by Crippen LogP contribution is -2.30. The molecule has 0 aliphatic carbocycles. The van der Waals surface area contributed by atoms with Crippen LogP contribution in [0.15, 0.2) is 23.7 Å². The van der Waals surface area contributed by atoms with Crippen LogP contribution in [-0.2, 0) is 12.8 Å². The van der Waals surface area contributed by atoms with Gasteiger partial charge in [0.1, 0.15) is 0 Å². The third kappa shape index (κ3) is 3.06. The summed E-state index contributed by atoms with van der Waals surface area (Å²) in [6, 6.07) is 4.09. The van der Waals surface area contributed by atoms with Gasteiger partial charge in [0.25, 0.3) is 0 Å². The lowest BCUT2D eigenvalue weighted by molar-refractivity contribution is 0.531. The van der Waals surface area contributed by atoms with E-state index in [0.717, 1.165) is 17.8 Å². The van der Waals surface area contributed by atoms with Crippen LogP contribution in [0.2, 0.25) is 0 Å². The molecule has 0 spiro atoms. The molecule has 17 heavy (non-hydrogen) atoms. The SMILES string of the molecule is CCc1ccc(CC(NN)c2csnn2)nc1. The van der Waals surface area contributed by atoms with Crippen molar-refractivity contribution in [3.8, 4) is 0 Å². The molecule has 0 saturated heterocycles. The molecule has 5 nitrogen and oxygen atoms in total. The average Bonchev–Trinajstić information content (AvgIpc) is 2.90. The fourth-order valence-electron chi connectivity index (χ4n) is 1.57. The van der Waals surface area contributed by atoms with Crippen molar-refractivity contribution in [1.29, 1.82) is 0 Å². The summed E-state index contributed by atoms with van der Waals surface area (Å²) in [5.74, 6) is 5.53. The average molecular weight is 249 g/mol. The number of nitrogens with one attached hydrogen (secondary N) is 1. The second kappa shape index (κ2) is 5.81. The van der Waals surface area contributed by atoms with E-state index in [1.54, 1.807) is 0 Å². The number of hydrazine groups is 1. The maximum Gasteiger partial charge on any atom is 0.0942 e. The van der Waals surface area contributed by atoms with Crippen LogP contribution in [0.5, 0.6) is 0 Å². The van der Waals surface area contributed by atoms with Gasteiger partial charge >= 0.3 is 0 Å². The summed E-state index contributed by atoms with van der Waals surface area (Å²) in [4.78, 5) is 4.41. The predicted octanol–water partition coefficient (Wildman–Crippen LogP) is 1.24. The Morgan fingerprint density at radius 2 is 2.35 bits per heavy atom. The van der Waals surface area contributed by atoms with Gasteiger partial charge < -0.3 is 0 Å². The summed E-state index contributed by atoms with van der Waals surface area (Å²) in [5.41, 5.74) is 5.84. The quantitative estimate of drug-likeness (QED) is 0.616. The first-order valence-corrected chi connectivity index (χ1v) is 6.34. The molecule has 2 heterocycles. The van der Waals surface area contributed by atoms with Gasteiger partial charge in [-0.15, -0.1) is 5.10 Å². The molecule has 0 fully saturated rings. The van der Waals surface area contributed by atoms with Gasteiger partial charge in [0.15, 0.2) is 0 Å². The van der Waals surface area contributed by atoms with Gasteiger partial charge in [0.05, 0.1) is 11.7 Å². The van der Waals surface area contributed by atoms with Gasteiger partial charge in [-0.2, -0.15) is 0 Å². The molecule has 0 saturated carbocycles. The molecule has 2 aromatic rings. The van der Waals surface area contributed by atoms with Gasteiger partial charge in [-0.1, -0.05) is 17.5 Å². The number of aryl methyl sites for hydroxylation is 1. The molecule has 0 bridgehead atoms. The van der Waals surface area contributed by atoms with Crippen LogP contribution in [-0.4, -0.2) is 14.6 Å². The minimum absolute atomic E-state index is 0.0336. The minimum atomic E-state index is -0.0336. The highest BCUT2D eigenvalue weighted by molar-refractivity contribution is 7.03. The lowest BCUT2D eigenvalue weighted by atomic mass is 10.1. The second-order valence-corrected chi connectivity index (χ2v) is 4.37. The number of rotatable bonds is 5. The van der Waals surface area contributed by atoms with Crippen molar-refractivity contribution >= 4 is 11.5 Å². The molecule has 3 N–H and O–H groups in total. The van der Waals surface area contributed by atoms with Crippen LogP contribution in [0.4, 0.5) is 0 Å². The minimum Gasteiger partial charge on any atom is -0.271 e. The molecule has 0 aromatic carbocycles. The monoisotopic (exact) mass is 249 g/mol. The van der Waals surface area contributed by atoms with E-state index in [1.807, 2.05) is 17.6 Å². The van der Waals surface area contributed by atoms with Crippen molar-refractivity contribution in [2.75, 3.05) is 0 Å². The Labute approximate surface area is 104 Å². The Kier molecular flexibility index (Phi) is 4.13. The van der Waals surface area contributed by atoms with Crippen LogP contribution in [0.1, 0.15) is 29.9 Å². The molecule has 0 aliphatic rings. The Bertz CT molecular complexity index is 439. The van der Waals surface area contributed by atoms with E-state index < -0.39 is 0 Å². The van der Waals surface area contributed by atoms with E-state index in [2.05, 4.69) is 33.0 Å². The van der Waals surface area contributed by atoms with E-state index in [1.165, 1.54) is 17.1 Å². The molecule has 1 unspecified atom stereocenters. The van der Waals surface area contributed by atoms with Crippen molar-refractivity contribution in [2.24, 2.45) is 5.84 Å². The number of pyridine rings is 1. The van der Waals surface area contributed by atoms with E-state index >= 15 is 0 Å². The molecular formula is C11H15N5S. The standard InChI is InChI=1S/C11H15N5S/c1-2-8-3-4-9(13-6-8)5-10(14-12)11-7-17-16-15-11/h3-4,6-7,10,14H,2,5,12H2,1H3. The zero-order valence-corrected chi connectivity index (χ0v) is 10.4. The van der Waals surface area contributed by atoms with Gasteiger partial charge in [-0.3, -0.25) is 16.3 Å². The fraction of sp³-hybridized carbons (Fsp3) is 0.364. The molecular weight excluding hydrogens is 234 g/mol. The Hall–Kier alpha value is -1.37. The summed E-state index contributed by atoms with van der Waals surface area (Å²) in [5, 5.41) is 5.91. The largest absolute Gasteiger partial charge is 0.271 e. The summed E-state index contributed by atoms with van der Waals surface area (Å²) in [6.45, 7) is 2.11. The molecule has 0 radical (unpaired) electrons. The van der Waals surface area contributed by atoms with Crippen molar-refractivity contribution in [3.63, 3.8) is 0 Å². The zero-order valence-electron chi connectivity index (χ0n) is 9.63. The van der Waals surface area contributed by atoms with E-state index in [9.17, 15) is 0 Å². The second-order valence-electron chi connectivity index (χ2n) is 3.76. The molecule has 6 heteroatoms. The molecule has 2 aromatic heterocycles. The predicted molar refractivity (Wildman–Crippen MR) is 67.3 cm³/mol. The third-order valence-corrected chi connectivity index (χ3v) is 3.17. The molecule has 90 valence electrons. The van der Waals surface area contributed by atoms with Crippen LogP contribution < -0.4 is 11.3 Å². The molecule has 0 amide bonds. The highest BCUT2D eigenvalue weighted by Crippen LogP contribution is 2.15. The van der Waals surface area contributed by atoms with E-state index in [-0.39, 0.29) is 6.04 Å². The Morgan fingerprint density at radius 1 is 1.47 bits per heavy atom. The first-order chi connectivity index (χ1) is 8.33. The van der Waals surface area contributed by atoms with Gasteiger partial charge in [0, 0.05) is 23.7 Å². The van der Waals surface area contributed by atoms with Gasteiger partial charge in [0.2, 0.25) is 0 Å². The van der Waals surface area contributed by atoms with E-state index in [4.69, 9.17) is 5.84 Å². The first kappa shape index (κ1) is 12.1. The Morgan fingerprint density at radius 3 is 2.88 bits per heavy atom. The van der Waals surface area contributed by atoms with Crippen molar-refractivity contribution in [3.05, 3.63) is 40.7 Å². The van der Waals surface area contributed by atoms with Crippen molar-refractivity contribution < 1.29 is 0 Å². The first-order valence-electron chi connectivity index (χ1n) is 5.50. The topological polar surface area (TPSA) is 76.7 Å².